The second kappa shape index (κ2) is 3.18. The predicted octanol–water partition coefficient (Wildman–Crippen LogP) is 1.20. The van der Waals surface area contributed by atoms with Gasteiger partial charge in [-0.3, -0.25) is 9.78 Å². The number of hydrogen-bond acceptors (Lipinski definition) is 3. The van der Waals surface area contributed by atoms with Gasteiger partial charge in [0, 0.05) is 17.8 Å². The minimum Gasteiger partial charge on any atom is -0.313 e. The van der Waals surface area contributed by atoms with Gasteiger partial charge in [0.15, 0.2) is 0 Å². The monoisotopic (exact) mass is 173 g/mol. The zero-order valence-electron chi connectivity index (χ0n) is 6.77. The van der Waals surface area contributed by atoms with Gasteiger partial charge in [0.25, 0.3) is 0 Å². The first-order valence-corrected chi connectivity index (χ1v) is 3.81. The highest BCUT2D eigenvalue weighted by molar-refractivity contribution is 5.81. The van der Waals surface area contributed by atoms with Crippen molar-refractivity contribution >= 4 is 23.1 Å². The van der Waals surface area contributed by atoms with Crippen LogP contribution in [0.2, 0.25) is 0 Å². The number of amides is 1. The standard InChI is InChI=1S/C9H7N3O/c13-6-11-9-2-1-7-5-10-4-3-8(7)12-9/h1-6H,(H,11,12,13). The SMILES string of the molecule is O=CNc1ccc2cnccc2n1. The third-order valence-corrected chi connectivity index (χ3v) is 1.70. The molecule has 0 saturated carbocycles. The molecule has 4 nitrogen and oxygen atoms in total. The van der Waals surface area contributed by atoms with E-state index in [-0.39, 0.29) is 0 Å². The smallest absolute Gasteiger partial charge is 0.212 e. The number of anilines is 1. The molecule has 1 amide bonds. The van der Waals surface area contributed by atoms with Crippen molar-refractivity contribution in [2.75, 3.05) is 5.32 Å². The van der Waals surface area contributed by atoms with Crippen LogP contribution in [0.25, 0.3) is 10.9 Å². The Morgan fingerprint density at radius 2 is 2.23 bits per heavy atom. The van der Waals surface area contributed by atoms with Gasteiger partial charge in [0.2, 0.25) is 6.41 Å². The van der Waals surface area contributed by atoms with Gasteiger partial charge in [0.1, 0.15) is 5.82 Å². The number of nitrogens with one attached hydrogen (secondary N) is 1. The molecular weight excluding hydrogens is 166 g/mol. The van der Waals surface area contributed by atoms with Gasteiger partial charge >= 0.3 is 0 Å². The van der Waals surface area contributed by atoms with Crippen molar-refractivity contribution in [3.8, 4) is 0 Å². The molecule has 0 aliphatic heterocycles. The van der Waals surface area contributed by atoms with Crippen LogP contribution in [0.1, 0.15) is 0 Å². The third-order valence-electron chi connectivity index (χ3n) is 1.70. The topological polar surface area (TPSA) is 54.9 Å². The van der Waals surface area contributed by atoms with Crippen molar-refractivity contribution in [2.45, 2.75) is 0 Å². The molecule has 0 aromatic carbocycles. The van der Waals surface area contributed by atoms with Crippen molar-refractivity contribution in [2.24, 2.45) is 0 Å². The molecule has 0 aliphatic carbocycles. The molecule has 0 unspecified atom stereocenters. The molecule has 1 N–H and O–H groups in total. The maximum Gasteiger partial charge on any atom is 0.212 e. The number of carbonyl (C=O) groups excluding carboxylic acids is 1. The summed E-state index contributed by atoms with van der Waals surface area (Å²) in [5.41, 5.74) is 0.821. The lowest BCUT2D eigenvalue weighted by Gasteiger charge is -1.99. The van der Waals surface area contributed by atoms with Gasteiger partial charge in [-0.2, -0.15) is 0 Å². The maximum atomic E-state index is 10.1. The summed E-state index contributed by atoms with van der Waals surface area (Å²) >= 11 is 0. The number of hydrogen-bond donors (Lipinski definition) is 1. The van der Waals surface area contributed by atoms with E-state index in [1.165, 1.54) is 0 Å². The fourth-order valence-corrected chi connectivity index (χ4v) is 1.11. The van der Waals surface area contributed by atoms with E-state index in [1.807, 2.05) is 6.07 Å². The Hall–Kier alpha value is -1.97. The summed E-state index contributed by atoms with van der Waals surface area (Å²) in [6, 6.07) is 5.39. The summed E-state index contributed by atoms with van der Waals surface area (Å²) in [6.07, 6.45) is 4.00. The number of aromatic nitrogens is 2. The summed E-state index contributed by atoms with van der Waals surface area (Å²) in [4.78, 5) is 18.3. The average molecular weight is 173 g/mol. The number of carbonyl (C=O) groups is 1. The Labute approximate surface area is 74.6 Å². The summed E-state index contributed by atoms with van der Waals surface area (Å²) in [5, 5.41) is 3.44. The summed E-state index contributed by atoms with van der Waals surface area (Å²) in [6.45, 7) is 0. The molecule has 0 saturated heterocycles. The zero-order valence-corrected chi connectivity index (χ0v) is 6.77. The van der Waals surface area contributed by atoms with Crippen LogP contribution < -0.4 is 5.32 Å². The number of fused-ring (bicyclic) bond motifs is 1. The van der Waals surface area contributed by atoms with Gasteiger partial charge in [-0.25, -0.2) is 4.98 Å². The molecule has 0 aliphatic rings. The largest absolute Gasteiger partial charge is 0.313 e. The van der Waals surface area contributed by atoms with Crippen LogP contribution in [0.15, 0.2) is 30.6 Å². The van der Waals surface area contributed by atoms with E-state index in [0.29, 0.717) is 12.2 Å². The number of pyridine rings is 2. The third kappa shape index (κ3) is 1.46. The van der Waals surface area contributed by atoms with Gasteiger partial charge < -0.3 is 5.32 Å². The highest BCUT2D eigenvalue weighted by Gasteiger charge is 1.95. The lowest BCUT2D eigenvalue weighted by molar-refractivity contribution is -0.105. The van der Waals surface area contributed by atoms with Crippen molar-refractivity contribution in [1.82, 2.24) is 9.97 Å². The first-order valence-electron chi connectivity index (χ1n) is 3.81. The van der Waals surface area contributed by atoms with Crippen molar-refractivity contribution < 1.29 is 4.79 Å². The Balaban J connectivity index is 2.55. The first-order chi connectivity index (χ1) is 6.40. The fourth-order valence-electron chi connectivity index (χ4n) is 1.11. The summed E-state index contributed by atoms with van der Waals surface area (Å²) < 4.78 is 0. The molecule has 2 aromatic rings. The molecule has 64 valence electrons. The molecule has 0 bridgehead atoms. The van der Waals surface area contributed by atoms with Crippen LogP contribution in [0, 0.1) is 0 Å². The van der Waals surface area contributed by atoms with Crippen molar-refractivity contribution in [1.29, 1.82) is 0 Å². The lowest BCUT2D eigenvalue weighted by atomic mass is 10.3. The Bertz CT molecular complexity index is 442. The van der Waals surface area contributed by atoms with Gasteiger partial charge in [-0.1, -0.05) is 0 Å². The molecule has 4 heteroatoms. The van der Waals surface area contributed by atoms with Crippen LogP contribution in [0.3, 0.4) is 0 Å². The quantitative estimate of drug-likeness (QED) is 0.694. The molecule has 13 heavy (non-hydrogen) atoms. The minimum atomic E-state index is 0.550. The van der Waals surface area contributed by atoms with Crippen LogP contribution in [-0.2, 0) is 4.79 Å². The Morgan fingerprint density at radius 1 is 1.31 bits per heavy atom. The molecular formula is C9H7N3O. The van der Waals surface area contributed by atoms with E-state index in [9.17, 15) is 4.79 Å². The van der Waals surface area contributed by atoms with Crippen molar-refractivity contribution in [3.05, 3.63) is 30.6 Å². The van der Waals surface area contributed by atoms with Gasteiger partial charge in [-0.05, 0) is 18.2 Å². The van der Waals surface area contributed by atoms with Gasteiger partial charge in [-0.15, -0.1) is 0 Å². The molecule has 2 heterocycles. The highest BCUT2D eigenvalue weighted by Crippen LogP contribution is 2.12. The van der Waals surface area contributed by atoms with E-state index in [2.05, 4.69) is 15.3 Å². The highest BCUT2D eigenvalue weighted by atomic mass is 16.1. The van der Waals surface area contributed by atoms with Crippen molar-refractivity contribution in [3.63, 3.8) is 0 Å². The van der Waals surface area contributed by atoms with E-state index in [0.717, 1.165) is 10.9 Å². The Morgan fingerprint density at radius 3 is 3.08 bits per heavy atom. The van der Waals surface area contributed by atoms with Crippen LogP contribution in [-0.4, -0.2) is 16.4 Å². The lowest BCUT2D eigenvalue weighted by Crippen LogP contribution is -1.96. The first kappa shape index (κ1) is 7.67. The molecule has 2 rings (SSSR count). The van der Waals surface area contributed by atoms with E-state index in [1.54, 1.807) is 24.5 Å². The summed E-state index contributed by atoms with van der Waals surface area (Å²) in [5.74, 6) is 0.550. The number of nitrogens with zero attached hydrogens (tertiary/aromatic N) is 2. The normalized spacial score (nSPS) is 9.85. The molecule has 0 radical (unpaired) electrons. The second-order valence-corrected chi connectivity index (χ2v) is 2.53. The number of rotatable bonds is 2. The average Bonchev–Trinajstić information content (AvgIpc) is 2.18. The zero-order chi connectivity index (χ0) is 9.10. The minimum absolute atomic E-state index is 0.550. The van der Waals surface area contributed by atoms with Crippen LogP contribution in [0.5, 0.6) is 0 Å². The fraction of sp³-hybridized carbons (Fsp3) is 0. The van der Waals surface area contributed by atoms with E-state index in [4.69, 9.17) is 0 Å². The maximum absolute atomic E-state index is 10.1. The second-order valence-electron chi connectivity index (χ2n) is 2.53. The van der Waals surface area contributed by atoms with Gasteiger partial charge in [0.05, 0.1) is 5.52 Å². The molecule has 2 aromatic heterocycles. The van der Waals surface area contributed by atoms with E-state index < -0.39 is 0 Å². The summed E-state index contributed by atoms with van der Waals surface area (Å²) in [7, 11) is 0. The Kier molecular flexibility index (Phi) is 1.88. The molecule has 0 spiro atoms. The van der Waals surface area contributed by atoms with Crippen LogP contribution in [0.4, 0.5) is 5.82 Å². The van der Waals surface area contributed by atoms with Crippen LogP contribution >= 0.6 is 0 Å². The molecule has 0 fully saturated rings. The predicted molar refractivity (Wildman–Crippen MR) is 49.2 cm³/mol. The van der Waals surface area contributed by atoms with E-state index >= 15 is 0 Å². The molecule has 0 atom stereocenters.